The molecule has 0 aliphatic carbocycles. The summed E-state index contributed by atoms with van der Waals surface area (Å²) < 4.78 is 27.4. The van der Waals surface area contributed by atoms with Gasteiger partial charge in [-0.3, -0.25) is 4.79 Å². The highest BCUT2D eigenvalue weighted by atomic mass is 32.2. The Morgan fingerprint density at radius 3 is 2.48 bits per heavy atom. The van der Waals surface area contributed by atoms with Crippen LogP contribution in [0.2, 0.25) is 0 Å². The van der Waals surface area contributed by atoms with Crippen molar-refractivity contribution in [2.24, 2.45) is 5.92 Å². The summed E-state index contributed by atoms with van der Waals surface area (Å²) in [5.41, 5.74) is 6.58. The number of likely N-dealkylation sites (N-methyl/N-ethyl adjacent to an activating group) is 1. The number of thiazole rings is 1. The van der Waals surface area contributed by atoms with Crippen molar-refractivity contribution in [2.75, 3.05) is 44.7 Å². The first kappa shape index (κ1) is 19.9. The van der Waals surface area contributed by atoms with Gasteiger partial charge in [0.15, 0.2) is 10.9 Å². The minimum absolute atomic E-state index is 0.206. The summed E-state index contributed by atoms with van der Waals surface area (Å²) in [5.74, 6) is -1.09. The highest BCUT2D eigenvalue weighted by molar-refractivity contribution is 7.89. The fourth-order valence-electron chi connectivity index (χ4n) is 3.15. The number of hydrogen-bond acceptors (Lipinski definition) is 7. The molecule has 1 aromatic carbocycles. The molecule has 1 atom stereocenters. The normalized spacial score (nSPS) is 17.7. The second-order valence-electron chi connectivity index (χ2n) is 6.79. The fraction of sp³-hybridized carbons (Fsp3) is 0.444. The first-order chi connectivity index (χ1) is 12.8. The number of rotatable bonds is 7. The van der Waals surface area contributed by atoms with Crippen LogP contribution in [-0.4, -0.2) is 67.4 Å². The van der Waals surface area contributed by atoms with E-state index in [1.807, 2.05) is 37.4 Å². The van der Waals surface area contributed by atoms with E-state index >= 15 is 0 Å². The molecule has 2 heterocycles. The average Bonchev–Trinajstić information content (AvgIpc) is 3.08. The first-order valence-corrected chi connectivity index (χ1v) is 11.2. The Labute approximate surface area is 163 Å². The van der Waals surface area contributed by atoms with Gasteiger partial charge in [0.05, 0.1) is 16.8 Å². The number of nitrogens with zero attached hydrogens (tertiary/aromatic N) is 3. The maximum absolute atomic E-state index is 13.0. The molecule has 0 spiro atoms. The van der Waals surface area contributed by atoms with Crippen LogP contribution in [0.15, 0.2) is 36.5 Å². The number of hydrogen-bond donors (Lipinski definition) is 1. The number of ketones is 1. The molecule has 146 valence electrons. The van der Waals surface area contributed by atoms with Gasteiger partial charge in [0.25, 0.3) is 0 Å². The quantitative estimate of drug-likeness (QED) is 0.695. The van der Waals surface area contributed by atoms with Gasteiger partial charge in [0, 0.05) is 32.1 Å². The van der Waals surface area contributed by atoms with Crippen LogP contribution in [0.3, 0.4) is 0 Å². The van der Waals surface area contributed by atoms with Crippen LogP contribution in [0.1, 0.15) is 15.2 Å². The third kappa shape index (κ3) is 5.13. The molecule has 1 saturated heterocycles. The summed E-state index contributed by atoms with van der Waals surface area (Å²) >= 11 is 1.10. The SMILES string of the molecule is CN1CCN(S(=O)(=O)C[C@H](Cc2ccccc2)C(=O)c2cnc(N)s2)CC1. The van der Waals surface area contributed by atoms with Crippen LogP contribution >= 0.6 is 11.3 Å². The van der Waals surface area contributed by atoms with Crippen LogP contribution in [0.4, 0.5) is 5.13 Å². The van der Waals surface area contributed by atoms with Crippen molar-refractivity contribution in [3.05, 3.63) is 47.0 Å². The number of aromatic nitrogens is 1. The molecule has 1 aliphatic heterocycles. The molecule has 2 N–H and O–H groups in total. The predicted molar refractivity (Wildman–Crippen MR) is 107 cm³/mol. The van der Waals surface area contributed by atoms with Crippen LogP contribution in [0.25, 0.3) is 0 Å². The van der Waals surface area contributed by atoms with Gasteiger partial charge in [-0.1, -0.05) is 41.7 Å². The van der Waals surface area contributed by atoms with E-state index in [1.54, 1.807) is 0 Å². The van der Waals surface area contributed by atoms with E-state index in [0.29, 0.717) is 42.6 Å². The zero-order valence-electron chi connectivity index (χ0n) is 15.2. The van der Waals surface area contributed by atoms with Crippen molar-refractivity contribution in [3.63, 3.8) is 0 Å². The van der Waals surface area contributed by atoms with E-state index in [0.717, 1.165) is 16.9 Å². The van der Waals surface area contributed by atoms with Gasteiger partial charge in [-0.25, -0.2) is 13.4 Å². The van der Waals surface area contributed by atoms with Gasteiger partial charge in [-0.15, -0.1) is 0 Å². The van der Waals surface area contributed by atoms with Crippen LogP contribution in [0, 0.1) is 5.92 Å². The number of carbonyl (C=O) groups is 1. The summed E-state index contributed by atoms with van der Waals surface area (Å²) in [6.07, 6.45) is 1.80. The molecule has 27 heavy (non-hydrogen) atoms. The molecule has 0 bridgehead atoms. The van der Waals surface area contributed by atoms with Gasteiger partial charge in [0.2, 0.25) is 10.0 Å². The summed E-state index contributed by atoms with van der Waals surface area (Å²) in [4.78, 5) is 19.4. The van der Waals surface area contributed by atoms with Gasteiger partial charge in [0.1, 0.15) is 0 Å². The number of Topliss-reactive ketones (excluding diaryl/α,β-unsaturated/α-hetero) is 1. The van der Waals surface area contributed by atoms with E-state index in [-0.39, 0.29) is 11.5 Å². The molecule has 0 radical (unpaired) electrons. The number of anilines is 1. The van der Waals surface area contributed by atoms with Crippen molar-refractivity contribution in [1.29, 1.82) is 0 Å². The topological polar surface area (TPSA) is 96.6 Å². The van der Waals surface area contributed by atoms with Crippen molar-refractivity contribution in [2.45, 2.75) is 6.42 Å². The van der Waals surface area contributed by atoms with Crippen molar-refractivity contribution in [1.82, 2.24) is 14.2 Å². The molecular weight excluding hydrogens is 384 g/mol. The van der Waals surface area contributed by atoms with Gasteiger partial charge in [-0.2, -0.15) is 4.31 Å². The van der Waals surface area contributed by atoms with E-state index < -0.39 is 15.9 Å². The van der Waals surface area contributed by atoms with Crippen molar-refractivity contribution < 1.29 is 13.2 Å². The molecule has 7 nitrogen and oxygen atoms in total. The lowest BCUT2D eigenvalue weighted by molar-refractivity contribution is 0.0933. The average molecular weight is 409 g/mol. The van der Waals surface area contributed by atoms with Gasteiger partial charge < -0.3 is 10.6 Å². The van der Waals surface area contributed by atoms with E-state index in [4.69, 9.17) is 5.73 Å². The summed E-state index contributed by atoms with van der Waals surface area (Å²) in [6.45, 7) is 2.31. The number of nitrogen functional groups attached to an aromatic ring is 1. The minimum Gasteiger partial charge on any atom is -0.375 e. The highest BCUT2D eigenvalue weighted by Crippen LogP contribution is 2.23. The van der Waals surface area contributed by atoms with Crippen LogP contribution in [0.5, 0.6) is 0 Å². The summed E-state index contributed by atoms with van der Waals surface area (Å²) in [7, 11) is -1.56. The monoisotopic (exact) mass is 408 g/mol. The number of piperazine rings is 1. The maximum Gasteiger partial charge on any atom is 0.214 e. The van der Waals surface area contributed by atoms with Crippen molar-refractivity contribution in [3.8, 4) is 0 Å². The molecular formula is C18H24N4O3S2. The number of benzene rings is 1. The lowest BCUT2D eigenvalue weighted by Gasteiger charge is -2.32. The van der Waals surface area contributed by atoms with Gasteiger partial charge in [-0.05, 0) is 19.0 Å². The van der Waals surface area contributed by atoms with Gasteiger partial charge >= 0.3 is 0 Å². The summed E-state index contributed by atoms with van der Waals surface area (Å²) in [5, 5.41) is 0.304. The Balaban J connectivity index is 1.81. The second-order valence-corrected chi connectivity index (χ2v) is 9.87. The molecule has 1 aromatic heterocycles. The lowest BCUT2D eigenvalue weighted by Crippen LogP contribution is -2.48. The van der Waals surface area contributed by atoms with Crippen LogP contribution in [-0.2, 0) is 16.4 Å². The van der Waals surface area contributed by atoms with E-state index in [1.165, 1.54) is 10.5 Å². The second kappa shape index (κ2) is 8.47. The Bertz CT molecular complexity index is 875. The van der Waals surface area contributed by atoms with Crippen molar-refractivity contribution >= 4 is 32.3 Å². The van der Waals surface area contributed by atoms with Crippen LogP contribution < -0.4 is 5.73 Å². The third-order valence-corrected chi connectivity index (χ3v) is 7.55. The first-order valence-electron chi connectivity index (χ1n) is 8.81. The standard InChI is InChI=1S/C18H24N4O3S2/c1-21-7-9-22(10-8-21)27(24,25)13-15(11-14-5-3-2-4-6-14)17(23)16-12-20-18(19)26-16/h2-6,12,15H,7-11,13H2,1H3,(H2,19,20)/t15-/m0/s1. The number of nitrogens with two attached hydrogens (primary N) is 1. The minimum atomic E-state index is -3.53. The lowest BCUT2D eigenvalue weighted by atomic mass is 9.96. The third-order valence-electron chi connectivity index (χ3n) is 4.73. The van der Waals surface area contributed by atoms with E-state index in [9.17, 15) is 13.2 Å². The Kier molecular flexibility index (Phi) is 6.25. The molecule has 0 amide bonds. The molecule has 9 heteroatoms. The zero-order chi connectivity index (χ0) is 19.4. The van der Waals surface area contributed by atoms with E-state index in [2.05, 4.69) is 9.88 Å². The Morgan fingerprint density at radius 1 is 1.22 bits per heavy atom. The molecule has 2 aromatic rings. The molecule has 0 saturated carbocycles. The summed E-state index contributed by atoms with van der Waals surface area (Å²) in [6, 6.07) is 9.48. The Hall–Kier alpha value is -1.81. The molecule has 1 fully saturated rings. The predicted octanol–water partition coefficient (Wildman–Crippen LogP) is 1.34. The molecule has 3 rings (SSSR count). The fourth-order valence-corrected chi connectivity index (χ4v) is 5.57. The molecule has 0 unspecified atom stereocenters. The zero-order valence-corrected chi connectivity index (χ0v) is 16.9. The smallest absolute Gasteiger partial charge is 0.214 e. The highest BCUT2D eigenvalue weighted by Gasteiger charge is 2.32. The molecule has 1 aliphatic rings. The number of sulfonamides is 1. The Morgan fingerprint density at radius 2 is 1.89 bits per heavy atom. The number of carbonyl (C=O) groups excluding carboxylic acids is 1. The largest absolute Gasteiger partial charge is 0.375 e. The maximum atomic E-state index is 13.0.